The van der Waals surface area contributed by atoms with E-state index in [1.165, 1.54) is 57.7 Å². The Labute approximate surface area is 183 Å². The maximum Gasteiger partial charge on any atom is 0.265 e. The topological polar surface area (TPSA) is 90.9 Å². The number of thiophene rings is 1. The minimum atomic E-state index is -3.75. The predicted molar refractivity (Wildman–Crippen MR) is 115 cm³/mol. The molecule has 30 heavy (non-hydrogen) atoms. The highest BCUT2D eigenvalue weighted by Crippen LogP contribution is 2.40. The van der Waals surface area contributed by atoms with E-state index >= 15 is 0 Å². The zero-order valence-electron chi connectivity index (χ0n) is 16.3. The highest BCUT2D eigenvalue weighted by atomic mass is 35.5. The number of hydrogen-bond acceptors (Lipinski definition) is 7. The first-order chi connectivity index (χ1) is 14.3. The molecule has 0 fully saturated rings. The van der Waals surface area contributed by atoms with Crippen LogP contribution in [-0.2, 0) is 9.84 Å². The van der Waals surface area contributed by atoms with Gasteiger partial charge in [0.25, 0.3) is 5.91 Å². The fourth-order valence-electron chi connectivity index (χ4n) is 2.66. The highest BCUT2D eigenvalue weighted by molar-refractivity contribution is 7.93. The molecule has 10 heteroatoms. The molecule has 1 amide bonds. The molecule has 1 heterocycles. The number of halogens is 1. The zero-order valence-corrected chi connectivity index (χ0v) is 18.7. The molecule has 2 aromatic carbocycles. The van der Waals surface area contributed by atoms with Crippen molar-refractivity contribution in [3.8, 4) is 17.2 Å². The number of carbonyl (C=O) groups is 1. The summed E-state index contributed by atoms with van der Waals surface area (Å²) in [6.45, 7) is 0. The van der Waals surface area contributed by atoms with Crippen molar-refractivity contribution in [3.05, 3.63) is 58.4 Å². The van der Waals surface area contributed by atoms with E-state index in [-0.39, 0.29) is 14.0 Å². The van der Waals surface area contributed by atoms with Crippen LogP contribution in [0, 0.1) is 0 Å². The molecule has 0 unspecified atom stereocenters. The maximum atomic E-state index is 12.8. The van der Waals surface area contributed by atoms with Gasteiger partial charge in [0, 0.05) is 22.8 Å². The third kappa shape index (κ3) is 4.38. The molecule has 3 aromatic rings. The first-order valence-corrected chi connectivity index (χ1v) is 11.2. The van der Waals surface area contributed by atoms with Crippen molar-refractivity contribution in [1.29, 1.82) is 0 Å². The lowest BCUT2D eigenvalue weighted by Crippen LogP contribution is -2.10. The molecule has 0 aliphatic carbocycles. The van der Waals surface area contributed by atoms with E-state index in [2.05, 4.69) is 5.32 Å². The molecular formula is C20H18ClNO6S2. The van der Waals surface area contributed by atoms with Crippen LogP contribution in [0.15, 0.2) is 57.6 Å². The van der Waals surface area contributed by atoms with Crippen molar-refractivity contribution in [2.75, 3.05) is 26.6 Å². The minimum Gasteiger partial charge on any atom is -0.493 e. The van der Waals surface area contributed by atoms with E-state index in [4.69, 9.17) is 25.8 Å². The van der Waals surface area contributed by atoms with Crippen molar-refractivity contribution >= 4 is 44.4 Å². The molecule has 0 spiro atoms. The van der Waals surface area contributed by atoms with Crippen LogP contribution in [0.1, 0.15) is 9.67 Å². The molecule has 0 aliphatic rings. The lowest BCUT2D eigenvalue weighted by atomic mass is 10.2. The number of carbonyl (C=O) groups excluding carboxylic acids is 1. The summed E-state index contributed by atoms with van der Waals surface area (Å²) in [7, 11) is 0.667. The largest absolute Gasteiger partial charge is 0.493 e. The van der Waals surface area contributed by atoms with Crippen molar-refractivity contribution in [2.45, 2.75) is 9.10 Å². The van der Waals surface area contributed by atoms with Gasteiger partial charge in [0.15, 0.2) is 11.5 Å². The number of nitrogens with one attached hydrogen (secondary N) is 1. The first kappa shape index (κ1) is 21.9. The van der Waals surface area contributed by atoms with E-state index < -0.39 is 15.7 Å². The third-order valence-electron chi connectivity index (χ3n) is 4.12. The number of amides is 1. The minimum absolute atomic E-state index is 0.0554. The maximum absolute atomic E-state index is 12.8. The summed E-state index contributed by atoms with van der Waals surface area (Å²) >= 11 is 6.70. The van der Waals surface area contributed by atoms with Crippen LogP contribution in [0.5, 0.6) is 17.2 Å². The first-order valence-electron chi connectivity index (χ1n) is 8.52. The molecule has 7 nitrogen and oxygen atoms in total. The summed E-state index contributed by atoms with van der Waals surface area (Å²) in [6.07, 6.45) is 0. The highest BCUT2D eigenvalue weighted by Gasteiger charge is 2.22. The molecule has 0 radical (unpaired) electrons. The third-order valence-corrected chi connectivity index (χ3v) is 7.71. The quantitative estimate of drug-likeness (QED) is 0.549. The van der Waals surface area contributed by atoms with Crippen LogP contribution < -0.4 is 19.5 Å². The van der Waals surface area contributed by atoms with Gasteiger partial charge < -0.3 is 19.5 Å². The Morgan fingerprint density at radius 3 is 2.07 bits per heavy atom. The number of anilines is 1. The van der Waals surface area contributed by atoms with Crippen LogP contribution in [0.2, 0.25) is 5.02 Å². The van der Waals surface area contributed by atoms with Crippen LogP contribution in [0.3, 0.4) is 0 Å². The molecule has 0 atom stereocenters. The molecule has 1 N–H and O–H groups in total. The summed E-state index contributed by atoms with van der Waals surface area (Å²) < 4.78 is 41.4. The van der Waals surface area contributed by atoms with Crippen molar-refractivity contribution in [2.24, 2.45) is 0 Å². The number of methoxy groups -OCH3 is 3. The van der Waals surface area contributed by atoms with Gasteiger partial charge in [0.2, 0.25) is 15.6 Å². The predicted octanol–water partition coefficient (Wildman–Crippen LogP) is 4.51. The van der Waals surface area contributed by atoms with Gasteiger partial charge in [-0.15, -0.1) is 11.3 Å². The van der Waals surface area contributed by atoms with Gasteiger partial charge in [0.05, 0.1) is 31.1 Å². The van der Waals surface area contributed by atoms with Gasteiger partial charge in [-0.25, -0.2) is 8.42 Å². The number of benzene rings is 2. The molecule has 3 rings (SSSR count). The van der Waals surface area contributed by atoms with E-state index in [1.807, 2.05) is 0 Å². The van der Waals surface area contributed by atoms with Crippen molar-refractivity contribution in [1.82, 2.24) is 0 Å². The van der Waals surface area contributed by atoms with Gasteiger partial charge in [-0.2, -0.15) is 0 Å². The standard InChI is InChI=1S/C20H18ClNO6S2/c1-26-15-10-13(11-16(27-2)19(15)28-3)22-20(23)17-8-9-18(29-17)30(24,25)14-6-4-12(21)5-7-14/h4-11H,1-3H3,(H,22,23). The Morgan fingerprint density at radius 2 is 1.53 bits per heavy atom. The fourth-order valence-corrected chi connectivity index (χ4v) is 5.39. The molecule has 1 aromatic heterocycles. The van der Waals surface area contributed by atoms with Crippen molar-refractivity contribution in [3.63, 3.8) is 0 Å². The lowest BCUT2D eigenvalue weighted by Gasteiger charge is -2.14. The number of hydrogen-bond donors (Lipinski definition) is 1. The van der Waals surface area contributed by atoms with Crippen molar-refractivity contribution < 1.29 is 27.4 Å². The Kier molecular flexibility index (Phi) is 6.55. The van der Waals surface area contributed by atoms with Crippen LogP contribution in [0.25, 0.3) is 0 Å². The van der Waals surface area contributed by atoms with E-state index in [0.717, 1.165) is 11.3 Å². The van der Waals surface area contributed by atoms with Crippen LogP contribution in [0.4, 0.5) is 5.69 Å². The summed E-state index contributed by atoms with van der Waals surface area (Å²) in [4.78, 5) is 13.0. The van der Waals surface area contributed by atoms with E-state index in [1.54, 1.807) is 12.1 Å². The summed E-state index contributed by atoms with van der Waals surface area (Å²) in [6, 6.07) is 11.9. The lowest BCUT2D eigenvalue weighted by molar-refractivity contribution is 0.103. The fraction of sp³-hybridized carbons (Fsp3) is 0.150. The Balaban J connectivity index is 1.86. The smallest absolute Gasteiger partial charge is 0.265 e. The summed E-state index contributed by atoms with van der Waals surface area (Å²) in [5.74, 6) is 0.686. The van der Waals surface area contributed by atoms with Crippen LogP contribution >= 0.6 is 22.9 Å². The Bertz CT molecular complexity index is 1150. The molecule has 0 bridgehead atoms. The zero-order chi connectivity index (χ0) is 21.9. The molecule has 0 saturated carbocycles. The second kappa shape index (κ2) is 8.95. The van der Waals surface area contributed by atoms with Gasteiger partial charge in [-0.05, 0) is 36.4 Å². The van der Waals surface area contributed by atoms with Crippen LogP contribution in [-0.4, -0.2) is 35.7 Å². The Morgan fingerprint density at radius 1 is 0.933 bits per heavy atom. The molecule has 158 valence electrons. The summed E-state index contributed by atoms with van der Waals surface area (Å²) in [5.41, 5.74) is 0.407. The Hall–Kier alpha value is -2.75. The average molecular weight is 468 g/mol. The average Bonchev–Trinajstić information content (AvgIpc) is 3.24. The summed E-state index contributed by atoms with van der Waals surface area (Å²) in [5, 5.41) is 3.15. The second-order valence-electron chi connectivity index (χ2n) is 5.94. The molecular weight excluding hydrogens is 450 g/mol. The SMILES string of the molecule is COc1cc(NC(=O)c2ccc(S(=O)(=O)c3ccc(Cl)cc3)s2)cc(OC)c1OC. The van der Waals surface area contributed by atoms with E-state index in [0.29, 0.717) is 28.0 Å². The van der Waals surface area contributed by atoms with Gasteiger partial charge in [-0.3, -0.25) is 4.79 Å². The molecule has 0 saturated heterocycles. The second-order valence-corrected chi connectivity index (χ2v) is 9.64. The number of rotatable bonds is 7. The van der Waals surface area contributed by atoms with Gasteiger partial charge in [-0.1, -0.05) is 11.6 Å². The molecule has 0 aliphatic heterocycles. The van der Waals surface area contributed by atoms with Gasteiger partial charge >= 0.3 is 0 Å². The normalized spacial score (nSPS) is 11.1. The monoisotopic (exact) mass is 467 g/mol. The van der Waals surface area contributed by atoms with E-state index in [9.17, 15) is 13.2 Å². The van der Waals surface area contributed by atoms with Gasteiger partial charge in [0.1, 0.15) is 4.21 Å². The number of ether oxygens (including phenoxy) is 3. The number of sulfone groups is 1.